The SMILES string of the molecule is CCOC(=O)c1cc(C(F)F)c(CN)[nH]c1=O. The smallest absolute Gasteiger partial charge is 0.343 e. The number of halogens is 2. The standard InChI is InChI=1S/C10H12F2N2O3/c1-2-17-10(16)6-3-5(8(11)12)7(4-13)14-9(6)15/h3,8H,2,4,13H2,1H3,(H,14,15). The highest BCUT2D eigenvalue weighted by molar-refractivity contribution is 5.89. The van der Waals surface area contributed by atoms with Crippen molar-refractivity contribution in [3.8, 4) is 0 Å². The second kappa shape index (κ2) is 5.53. The van der Waals surface area contributed by atoms with E-state index < -0.39 is 29.1 Å². The van der Waals surface area contributed by atoms with Crippen LogP contribution in [0.4, 0.5) is 8.78 Å². The van der Waals surface area contributed by atoms with Gasteiger partial charge in [0.25, 0.3) is 12.0 Å². The molecule has 1 aromatic heterocycles. The molecule has 7 heteroatoms. The normalized spacial score (nSPS) is 10.6. The number of esters is 1. The number of aromatic amines is 1. The van der Waals surface area contributed by atoms with E-state index in [1.807, 2.05) is 0 Å². The van der Waals surface area contributed by atoms with E-state index in [2.05, 4.69) is 9.72 Å². The highest BCUT2D eigenvalue weighted by Crippen LogP contribution is 2.21. The minimum atomic E-state index is -2.82. The summed E-state index contributed by atoms with van der Waals surface area (Å²) < 4.78 is 29.9. The Kier molecular flexibility index (Phi) is 4.33. The summed E-state index contributed by atoms with van der Waals surface area (Å²) in [7, 11) is 0. The number of pyridine rings is 1. The van der Waals surface area contributed by atoms with Crippen LogP contribution in [0.25, 0.3) is 0 Å². The minimum Gasteiger partial charge on any atom is -0.462 e. The monoisotopic (exact) mass is 246 g/mol. The number of carbonyl (C=O) groups is 1. The van der Waals surface area contributed by atoms with Gasteiger partial charge in [-0.3, -0.25) is 4.79 Å². The maximum absolute atomic E-state index is 12.6. The lowest BCUT2D eigenvalue weighted by molar-refractivity contribution is 0.0523. The molecular formula is C10H12F2N2O3. The third-order valence-corrected chi connectivity index (χ3v) is 2.09. The number of carbonyl (C=O) groups excluding carboxylic acids is 1. The summed E-state index contributed by atoms with van der Waals surface area (Å²) >= 11 is 0. The van der Waals surface area contributed by atoms with Gasteiger partial charge in [0, 0.05) is 17.8 Å². The van der Waals surface area contributed by atoms with E-state index in [-0.39, 0.29) is 18.8 Å². The number of hydrogen-bond acceptors (Lipinski definition) is 4. The molecule has 0 fully saturated rings. The third kappa shape index (κ3) is 2.88. The van der Waals surface area contributed by atoms with Crippen molar-refractivity contribution < 1.29 is 18.3 Å². The summed E-state index contributed by atoms with van der Waals surface area (Å²) in [5.41, 5.74) is 3.45. The van der Waals surface area contributed by atoms with Crippen LogP contribution in [0, 0.1) is 0 Å². The second-order valence-electron chi connectivity index (χ2n) is 3.17. The van der Waals surface area contributed by atoms with Crippen molar-refractivity contribution in [2.24, 2.45) is 5.73 Å². The summed E-state index contributed by atoms with van der Waals surface area (Å²) in [4.78, 5) is 24.9. The molecule has 0 atom stereocenters. The largest absolute Gasteiger partial charge is 0.462 e. The number of H-pyrrole nitrogens is 1. The zero-order chi connectivity index (χ0) is 13.0. The van der Waals surface area contributed by atoms with Crippen LogP contribution >= 0.6 is 0 Å². The quantitative estimate of drug-likeness (QED) is 0.774. The van der Waals surface area contributed by atoms with Gasteiger partial charge < -0.3 is 15.5 Å². The van der Waals surface area contributed by atoms with E-state index in [9.17, 15) is 18.4 Å². The molecule has 1 aromatic rings. The number of rotatable bonds is 4. The van der Waals surface area contributed by atoms with Gasteiger partial charge in [0.2, 0.25) is 0 Å². The Labute approximate surface area is 95.6 Å². The highest BCUT2D eigenvalue weighted by Gasteiger charge is 2.19. The van der Waals surface area contributed by atoms with E-state index in [0.717, 1.165) is 6.07 Å². The molecule has 0 aliphatic heterocycles. The van der Waals surface area contributed by atoms with Crippen LogP contribution in [0.1, 0.15) is 35.0 Å². The summed E-state index contributed by atoms with van der Waals surface area (Å²) in [6.45, 7) is 1.37. The van der Waals surface area contributed by atoms with Gasteiger partial charge in [0.05, 0.1) is 6.61 Å². The van der Waals surface area contributed by atoms with Gasteiger partial charge in [-0.1, -0.05) is 0 Å². The van der Waals surface area contributed by atoms with Crippen molar-refractivity contribution in [1.82, 2.24) is 4.98 Å². The second-order valence-corrected chi connectivity index (χ2v) is 3.17. The fraction of sp³-hybridized carbons (Fsp3) is 0.400. The average molecular weight is 246 g/mol. The molecule has 1 heterocycles. The zero-order valence-electron chi connectivity index (χ0n) is 9.13. The molecule has 3 N–H and O–H groups in total. The summed E-state index contributed by atoms with van der Waals surface area (Å²) in [6, 6.07) is 0.823. The van der Waals surface area contributed by atoms with E-state index in [0.29, 0.717) is 0 Å². The Balaban J connectivity index is 3.29. The molecule has 94 valence electrons. The van der Waals surface area contributed by atoms with Crippen molar-refractivity contribution in [3.05, 3.63) is 33.2 Å². The Morgan fingerprint density at radius 2 is 2.24 bits per heavy atom. The molecule has 0 aliphatic rings. The first-order valence-corrected chi connectivity index (χ1v) is 4.92. The van der Waals surface area contributed by atoms with E-state index in [1.54, 1.807) is 6.92 Å². The predicted molar refractivity (Wildman–Crippen MR) is 55.9 cm³/mol. The minimum absolute atomic E-state index is 0.0565. The highest BCUT2D eigenvalue weighted by atomic mass is 19.3. The molecule has 0 aromatic carbocycles. The van der Waals surface area contributed by atoms with E-state index in [4.69, 9.17) is 5.73 Å². The molecule has 5 nitrogen and oxygen atoms in total. The van der Waals surface area contributed by atoms with Gasteiger partial charge in [-0.05, 0) is 13.0 Å². The van der Waals surface area contributed by atoms with Crippen molar-refractivity contribution >= 4 is 5.97 Å². The molecule has 0 bridgehead atoms. The van der Waals surface area contributed by atoms with Crippen molar-refractivity contribution in [1.29, 1.82) is 0 Å². The summed E-state index contributed by atoms with van der Waals surface area (Å²) in [6.07, 6.45) is -2.82. The number of nitrogens with two attached hydrogens (primary N) is 1. The fourth-order valence-electron chi connectivity index (χ4n) is 1.31. The van der Waals surface area contributed by atoms with E-state index >= 15 is 0 Å². The van der Waals surface area contributed by atoms with Crippen molar-refractivity contribution in [2.45, 2.75) is 19.9 Å². The Morgan fingerprint density at radius 3 is 2.71 bits per heavy atom. The van der Waals surface area contributed by atoms with Gasteiger partial charge in [0.15, 0.2) is 0 Å². The molecular weight excluding hydrogens is 234 g/mol. The predicted octanol–water partition coefficient (Wildman–Crippen LogP) is 0.948. The van der Waals surface area contributed by atoms with Crippen LogP contribution in [0.15, 0.2) is 10.9 Å². The van der Waals surface area contributed by atoms with E-state index in [1.165, 1.54) is 0 Å². The first-order chi connectivity index (χ1) is 8.01. The van der Waals surface area contributed by atoms with Crippen LogP contribution in [0.2, 0.25) is 0 Å². The maximum atomic E-state index is 12.6. The maximum Gasteiger partial charge on any atom is 0.343 e. The number of nitrogens with one attached hydrogen (secondary N) is 1. The first-order valence-electron chi connectivity index (χ1n) is 4.92. The molecule has 0 radical (unpaired) electrons. The van der Waals surface area contributed by atoms with Gasteiger partial charge in [-0.2, -0.15) is 0 Å². The zero-order valence-corrected chi connectivity index (χ0v) is 9.13. The third-order valence-electron chi connectivity index (χ3n) is 2.09. The Morgan fingerprint density at radius 1 is 1.59 bits per heavy atom. The lowest BCUT2D eigenvalue weighted by Gasteiger charge is -2.08. The number of ether oxygens (including phenoxy) is 1. The molecule has 0 saturated heterocycles. The van der Waals surface area contributed by atoms with Crippen LogP contribution in [0.5, 0.6) is 0 Å². The molecule has 0 saturated carbocycles. The van der Waals surface area contributed by atoms with Gasteiger partial charge in [0.1, 0.15) is 5.56 Å². The van der Waals surface area contributed by atoms with Gasteiger partial charge >= 0.3 is 5.97 Å². The van der Waals surface area contributed by atoms with Crippen LogP contribution in [-0.4, -0.2) is 17.6 Å². The van der Waals surface area contributed by atoms with Crippen LogP contribution < -0.4 is 11.3 Å². The number of hydrogen-bond donors (Lipinski definition) is 2. The van der Waals surface area contributed by atoms with Crippen molar-refractivity contribution in [3.63, 3.8) is 0 Å². The van der Waals surface area contributed by atoms with Gasteiger partial charge in [-0.25, -0.2) is 13.6 Å². The van der Waals surface area contributed by atoms with Crippen LogP contribution in [0.3, 0.4) is 0 Å². The molecule has 1 rings (SSSR count). The Bertz CT molecular complexity index is 471. The fourth-order valence-corrected chi connectivity index (χ4v) is 1.31. The van der Waals surface area contributed by atoms with Gasteiger partial charge in [-0.15, -0.1) is 0 Å². The average Bonchev–Trinajstić information content (AvgIpc) is 2.28. The number of alkyl halides is 2. The first kappa shape index (κ1) is 13.3. The molecule has 0 amide bonds. The number of aromatic nitrogens is 1. The molecule has 17 heavy (non-hydrogen) atoms. The molecule has 0 aliphatic carbocycles. The summed E-state index contributed by atoms with van der Waals surface area (Å²) in [5, 5.41) is 0. The lowest BCUT2D eigenvalue weighted by atomic mass is 10.1. The summed E-state index contributed by atoms with van der Waals surface area (Å²) in [5.74, 6) is -0.931. The van der Waals surface area contributed by atoms with Crippen molar-refractivity contribution in [2.75, 3.05) is 6.61 Å². The topological polar surface area (TPSA) is 85.2 Å². The van der Waals surface area contributed by atoms with Crippen LogP contribution in [-0.2, 0) is 11.3 Å². The molecule has 0 unspecified atom stereocenters. The molecule has 0 spiro atoms. The Hall–Kier alpha value is -1.76. The lowest BCUT2D eigenvalue weighted by Crippen LogP contribution is -2.23.